The number of carbonyl (C=O) groups is 1. The van der Waals surface area contributed by atoms with Crippen LogP contribution in [0.2, 0.25) is 0 Å². The van der Waals surface area contributed by atoms with E-state index in [1.54, 1.807) is 0 Å². The zero-order valence-electron chi connectivity index (χ0n) is 15.8. The van der Waals surface area contributed by atoms with Gasteiger partial charge in [0.25, 0.3) is 0 Å². The molecule has 0 aliphatic rings. The number of benzene rings is 3. The van der Waals surface area contributed by atoms with Crippen LogP contribution >= 0.6 is 0 Å². The Kier molecular flexibility index (Phi) is 5.71. The number of ether oxygens (including phenoxy) is 1. The Morgan fingerprint density at radius 3 is 1.48 bits per heavy atom. The molecule has 0 bridgehead atoms. The average Bonchev–Trinajstić information content (AvgIpc) is 2.72. The quantitative estimate of drug-likeness (QED) is 0.371. The summed E-state index contributed by atoms with van der Waals surface area (Å²) in [5, 5.41) is 10.7. The molecule has 9 heteroatoms. The summed E-state index contributed by atoms with van der Waals surface area (Å²) >= 11 is 0. The highest BCUT2D eigenvalue weighted by molar-refractivity contribution is 6.02. The van der Waals surface area contributed by atoms with E-state index in [4.69, 9.17) is 0 Å². The topological polar surface area (TPSA) is 46.5 Å². The molecule has 3 nitrogen and oxygen atoms in total. The lowest BCUT2D eigenvalue weighted by Crippen LogP contribution is -2.06. The molecule has 0 saturated heterocycles. The Hall–Kier alpha value is -3.49. The van der Waals surface area contributed by atoms with Gasteiger partial charge < -0.3 is 9.84 Å². The van der Waals surface area contributed by atoms with Gasteiger partial charge in [0, 0.05) is 5.56 Å². The van der Waals surface area contributed by atoms with Gasteiger partial charge >= 0.3 is 18.3 Å². The molecule has 0 fully saturated rings. The lowest BCUT2D eigenvalue weighted by molar-refractivity contribution is -0.138. The normalized spacial score (nSPS) is 12.0. The molecule has 162 valence electrons. The van der Waals surface area contributed by atoms with E-state index in [1.807, 2.05) is 0 Å². The summed E-state index contributed by atoms with van der Waals surface area (Å²) < 4.78 is 81.4. The van der Waals surface area contributed by atoms with Gasteiger partial charge in [0.05, 0.1) is 18.2 Å². The van der Waals surface area contributed by atoms with Crippen molar-refractivity contribution in [2.75, 3.05) is 7.11 Å². The largest absolute Gasteiger partial charge is 0.506 e. The number of phenols is 1. The number of aromatic hydroxyl groups is 1. The van der Waals surface area contributed by atoms with E-state index in [0.29, 0.717) is 0 Å². The molecular formula is C22H14F6O3. The van der Waals surface area contributed by atoms with Gasteiger partial charge in [-0.3, -0.25) is 0 Å². The second-order valence-electron chi connectivity index (χ2n) is 6.53. The fourth-order valence-electron chi connectivity index (χ4n) is 3.05. The Morgan fingerprint density at radius 1 is 0.710 bits per heavy atom. The molecule has 1 N–H and O–H groups in total. The van der Waals surface area contributed by atoms with Gasteiger partial charge in [-0.1, -0.05) is 30.3 Å². The second kappa shape index (κ2) is 7.98. The Labute approximate surface area is 172 Å². The van der Waals surface area contributed by atoms with Crippen LogP contribution in [-0.2, 0) is 17.1 Å². The Morgan fingerprint density at radius 2 is 1.10 bits per heavy atom. The Bertz CT molecular complexity index is 1100. The maximum absolute atomic E-state index is 12.8. The lowest BCUT2D eigenvalue weighted by atomic mass is 9.92. The predicted octanol–water partition coefficient (Wildman–Crippen LogP) is 6.55. The van der Waals surface area contributed by atoms with E-state index in [0.717, 1.165) is 55.6 Å². The summed E-state index contributed by atoms with van der Waals surface area (Å²) in [5.74, 6) is -1.52. The number of rotatable bonds is 3. The first-order chi connectivity index (χ1) is 14.4. The first kappa shape index (κ1) is 22.2. The number of alkyl halides is 6. The number of carbonyl (C=O) groups excluding carboxylic acids is 1. The third kappa shape index (κ3) is 4.50. The van der Waals surface area contributed by atoms with Crippen molar-refractivity contribution in [2.24, 2.45) is 0 Å². The van der Waals surface area contributed by atoms with Crippen LogP contribution in [0.5, 0.6) is 5.75 Å². The van der Waals surface area contributed by atoms with E-state index < -0.39 is 35.2 Å². The third-order valence-corrected chi connectivity index (χ3v) is 4.61. The smallest absolute Gasteiger partial charge is 0.416 e. The van der Waals surface area contributed by atoms with Crippen LogP contribution in [0.25, 0.3) is 22.3 Å². The maximum atomic E-state index is 12.8. The summed E-state index contributed by atoms with van der Waals surface area (Å²) in [6, 6.07) is 10.6. The summed E-state index contributed by atoms with van der Waals surface area (Å²) in [6.45, 7) is 0. The van der Waals surface area contributed by atoms with E-state index in [1.165, 1.54) is 12.1 Å². The fraction of sp³-hybridized carbons (Fsp3) is 0.136. The van der Waals surface area contributed by atoms with Crippen molar-refractivity contribution in [1.82, 2.24) is 0 Å². The third-order valence-electron chi connectivity index (χ3n) is 4.61. The zero-order valence-corrected chi connectivity index (χ0v) is 15.8. The van der Waals surface area contributed by atoms with Crippen LogP contribution in [0.1, 0.15) is 21.5 Å². The number of hydrogen-bond acceptors (Lipinski definition) is 3. The molecule has 0 amide bonds. The van der Waals surface area contributed by atoms with Crippen molar-refractivity contribution in [3.8, 4) is 28.0 Å². The highest BCUT2D eigenvalue weighted by Crippen LogP contribution is 2.40. The van der Waals surface area contributed by atoms with E-state index in [-0.39, 0.29) is 27.8 Å². The molecule has 0 heterocycles. The molecule has 0 aromatic heterocycles. The lowest BCUT2D eigenvalue weighted by Gasteiger charge is -2.15. The summed E-state index contributed by atoms with van der Waals surface area (Å²) in [4.78, 5) is 12.3. The van der Waals surface area contributed by atoms with Crippen molar-refractivity contribution in [1.29, 1.82) is 0 Å². The minimum absolute atomic E-state index is 0.0600. The van der Waals surface area contributed by atoms with Crippen molar-refractivity contribution >= 4 is 5.97 Å². The molecule has 0 spiro atoms. The van der Waals surface area contributed by atoms with Crippen LogP contribution in [0.4, 0.5) is 26.3 Å². The standard InChI is InChI=1S/C22H14F6O3/c1-31-20(30)18-16(12-2-6-14(7-3-12)21(23,24)25)10-11-17(19(18)29)13-4-8-15(9-5-13)22(26,27)28/h2-11,29H,1H3. The van der Waals surface area contributed by atoms with Crippen LogP contribution in [-0.4, -0.2) is 18.2 Å². The molecule has 3 aromatic carbocycles. The fourth-order valence-corrected chi connectivity index (χ4v) is 3.05. The highest BCUT2D eigenvalue weighted by Gasteiger charge is 2.31. The molecule has 0 atom stereocenters. The second-order valence-corrected chi connectivity index (χ2v) is 6.53. The monoisotopic (exact) mass is 440 g/mol. The van der Waals surface area contributed by atoms with E-state index in [9.17, 15) is 36.2 Å². The molecular weight excluding hydrogens is 426 g/mol. The van der Waals surface area contributed by atoms with E-state index >= 15 is 0 Å². The number of hydrogen-bond donors (Lipinski definition) is 1. The van der Waals surface area contributed by atoms with Gasteiger partial charge in [-0.15, -0.1) is 0 Å². The molecule has 0 radical (unpaired) electrons. The molecule has 0 saturated carbocycles. The van der Waals surface area contributed by atoms with Gasteiger partial charge in [-0.25, -0.2) is 4.79 Å². The van der Waals surface area contributed by atoms with Crippen molar-refractivity contribution < 1.29 is 41.0 Å². The number of methoxy groups -OCH3 is 1. The van der Waals surface area contributed by atoms with Crippen LogP contribution in [0.3, 0.4) is 0 Å². The molecule has 0 aliphatic heterocycles. The van der Waals surface area contributed by atoms with Crippen molar-refractivity contribution in [2.45, 2.75) is 12.4 Å². The molecule has 3 aromatic rings. The molecule has 0 unspecified atom stereocenters. The first-order valence-corrected chi connectivity index (χ1v) is 8.73. The maximum Gasteiger partial charge on any atom is 0.416 e. The summed E-state index contributed by atoms with van der Waals surface area (Å²) in [5.41, 5.74) is -1.51. The van der Waals surface area contributed by atoms with Crippen LogP contribution in [0, 0.1) is 0 Å². The average molecular weight is 440 g/mol. The van der Waals surface area contributed by atoms with Crippen LogP contribution < -0.4 is 0 Å². The number of esters is 1. The van der Waals surface area contributed by atoms with Gasteiger partial charge in [-0.2, -0.15) is 26.3 Å². The van der Waals surface area contributed by atoms with Crippen LogP contribution in [0.15, 0.2) is 60.7 Å². The first-order valence-electron chi connectivity index (χ1n) is 8.73. The van der Waals surface area contributed by atoms with E-state index in [2.05, 4.69) is 4.74 Å². The van der Waals surface area contributed by atoms with Crippen molar-refractivity contribution in [3.05, 3.63) is 77.4 Å². The zero-order chi connectivity index (χ0) is 23.0. The van der Waals surface area contributed by atoms with Crippen molar-refractivity contribution in [3.63, 3.8) is 0 Å². The molecule has 31 heavy (non-hydrogen) atoms. The van der Waals surface area contributed by atoms with Gasteiger partial charge in [0.1, 0.15) is 11.3 Å². The summed E-state index contributed by atoms with van der Waals surface area (Å²) in [6.07, 6.45) is -9.08. The van der Waals surface area contributed by atoms with Gasteiger partial charge in [0.2, 0.25) is 0 Å². The minimum Gasteiger partial charge on any atom is -0.506 e. The minimum atomic E-state index is -4.54. The molecule has 0 aliphatic carbocycles. The number of halogens is 6. The summed E-state index contributed by atoms with van der Waals surface area (Å²) in [7, 11) is 1.06. The number of phenolic OH excluding ortho intramolecular Hbond substituents is 1. The predicted molar refractivity (Wildman–Crippen MR) is 100 cm³/mol. The SMILES string of the molecule is COC(=O)c1c(-c2ccc(C(F)(F)F)cc2)ccc(-c2ccc(C(F)(F)F)cc2)c1O. The van der Waals surface area contributed by atoms with Gasteiger partial charge in [0.15, 0.2) is 0 Å². The molecule has 3 rings (SSSR count). The Balaban J connectivity index is 2.11. The van der Waals surface area contributed by atoms with Gasteiger partial charge in [-0.05, 0) is 47.0 Å². The highest BCUT2D eigenvalue weighted by atomic mass is 19.4.